The Bertz CT molecular complexity index is 541. The maximum Gasteiger partial charge on any atom is 0.267 e. The number of hydrogen-bond donors (Lipinski definition) is 4. The molecule has 0 aliphatic heterocycles. The number of carbonyl (C=O) groups is 1. The van der Waals surface area contributed by atoms with Crippen molar-refractivity contribution in [3.05, 3.63) is 36.0 Å². The highest BCUT2D eigenvalue weighted by atomic mass is 16.3. The molecule has 0 atom stereocenters. The number of nitrogens with zero attached hydrogens (tertiary/aromatic N) is 1. The molecule has 0 aliphatic carbocycles. The largest absolute Gasteiger partial charge is 0.399 e. The minimum Gasteiger partial charge on any atom is -0.399 e. The van der Waals surface area contributed by atoms with Crippen molar-refractivity contribution in [3.63, 3.8) is 0 Å². The van der Waals surface area contributed by atoms with E-state index < -0.39 is 11.4 Å². The number of benzene rings is 1. The van der Waals surface area contributed by atoms with Gasteiger partial charge in [-0.2, -0.15) is 5.26 Å². The first kappa shape index (κ1) is 15.5. The molecule has 20 heavy (non-hydrogen) atoms. The number of nitrogens with one attached hydrogen (secondary N) is 2. The third-order valence-electron chi connectivity index (χ3n) is 2.54. The molecule has 1 rings (SSSR count). The van der Waals surface area contributed by atoms with E-state index >= 15 is 0 Å². The van der Waals surface area contributed by atoms with E-state index in [0.717, 1.165) is 0 Å². The van der Waals surface area contributed by atoms with Crippen molar-refractivity contribution < 1.29 is 9.90 Å². The van der Waals surface area contributed by atoms with Crippen molar-refractivity contribution >= 4 is 17.3 Å². The van der Waals surface area contributed by atoms with Gasteiger partial charge in [-0.25, -0.2) is 0 Å². The van der Waals surface area contributed by atoms with E-state index in [1.807, 2.05) is 6.07 Å². The summed E-state index contributed by atoms with van der Waals surface area (Å²) in [6, 6.07) is 8.41. The summed E-state index contributed by atoms with van der Waals surface area (Å²) in [5.74, 6) is -0.529. The molecule has 1 aromatic carbocycles. The van der Waals surface area contributed by atoms with E-state index in [2.05, 4.69) is 10.6 Å². The van der Waals surface area contributed by atoms with Crippen LogP contribution in [-0.4, -0.2) is 23.2 Å². The molecule has 106 valence electrons. The minimum absolute atomic E-state index is 0.0802. The minimum atomic E-state index is -0.608. The van der Waals surface area contributed by atoms with E-state index in [4.69, 9.17) is 16.1 Å². The molecule has 0 aliphatic rings. The number of rotatable bonds is 5. The van der Waals surface area contributed by atoms with E-state index in [9.17, 15) is 4.79 Å². The molecule has 0 spiro atoms. The van der Waals surface area contributed by atoms with Gasteiger partial charge in [-0.05, 0) is 38.1 Å². The van der Waals surface area contributed by atoms with E-state index in [1.165, 1.54) is 6.20 Å². The van der Waals surface area contributed by atoms with Gasteiger partial charge in [-0.3, -0.25) is 4.79 Å². The molecule has 0 radical (unpaired) electrons. The van der Waals surface area contributed by atoms with Crippen LogP contribution in [0.2, 0.25) is 0 Å². The van der Waals surface area contributed by atoms with Crippen LogP contribution < -0.4 is 16.4 Å². The summed E-state index contributed by atoms with van der Waals surface area (Å²) in [5, 5.41) is 23.5. The monoisotopic (exact) mass is 274 g/mol. The summed E-state index contributed by atoms with van der Waals surface area (Å²) in [6.45, 7) is 3.37. The highest BCUT2D eigenvalue weighted by molar-refractivity contribution is 6.06. The van der Waals surface area contributed by atoms with Gasteiger partial charge in [-0.1, -0.05) is 0 Å². The third kappa shape index (κ3) is 4.63. The van der Waals surface area contributed by atoms with Gasteiger partial charge in [0.15, 0.2) is 0 Å². The Morgan fingerprint density at radius 1 is 1.45 bits per heavy atom. The molecule has 6 nitrogen and oxygen atoms in total. The molecule has 0 fully saturated rings. The van der Waals surface area contributed by atoms with E-state index in [1.54, 1.807) is 38.1 Å². The normalized spacial score (nSPS) is 11.6. The van der Waals surface area contributed by atoms with Crippen LogP contribution in [0.1, 0.15) is 13.8 Å². The second kappa shape index (κ2) is 6.59. The molecule has 0 saturated carbocycles. The second-order valence-electron chi connectivity index (χ2n) is 4.93. The van der Waals surface area contributed by atoms with Crippen molar-refractivity contribution in [1.29, 1.82) is 5.26 Å². The first-order valence-corrected chi connectivity index (χ1v) is 6.03. The summed E-state index contributed by atoms with van der Waals surface area (Å²) in [4.78, 5) is 11.9. The van der Waals surface area contributed by atoms with Crippen LogP contribution in [0.15, 0.2) is 36.0 Å². The number of hydrogen-bond acceptors (Lipinski definition) is 5. The van der Waals surface area contributed by atoms with Gasteiger partial charge in [0.2, 0.25) is 0 Å². The highest BCUT2D eigenvalue weighted by Gasteiger charge is 2.15. The lowest BCUT2D eigenvalue weighted by Gasteiger charge is -2.22. The zero-order valence-electron chi connectivity index (χ0n) is 11.5. The summed E-state index contributed by atoms with van der Waals surface area (Å²) in [6.07, 6.45) is 1.29. The van der Waals surface area contributed by atoms with Gasteiger partial charge in [0.25, 0.3) is 5.91 Å². The van der Waals surface area contributed by atoms with Crippen LogP contribution in [0.25, 0.3) is 0 Å². The topological polar surface area (TPSA) is 111 Å². The van der Waals surface area contributed by atoms with E-state index in [0.29, 0.717) is 11.4 Å². The van der Waals surface area contributed by atoms with Gasteiger partial charge < -0.3 is 21.5 Å². The van der Waals surface area contributed by atoms with Crippen LogP contribution in [0, 0.1) is 11.3 Å². The number of anilines is 2. The molecular weight excluding hydrogens is 256 g/mol. The number of amides is 1. The quantitative estimate of drug-likeness (QED) is 0.363. The number of nitrogen functional groups attached to an aromatic ring is 1. The van der Waals surface area contributed by atoms with Crippen molar-refractivity contribution in [2.45, 2.75) is 19.4 Å². The lowest BCUT2D eigenvalue weighted by molar-refractivity contribution is -0.112. The van der Waals surface area contributed by atoms with Gasteiger partial charge in [0.1, 0.15) is 11.6 Å². The Morgan fingerprint density at radius 3 is 2.55 bits per heavy atom. The van der Waals surface area contributed by atoms with Crippen LogP contribution in [0.5, 0.6) is 0 Å². The summed E-state index contributed by atoms with van der Waals surface area (Å²) < 4.78 is 0. The molecule has 0 aromatic heterocycles. The fraction of sp³-hybridized carbons (Fsp3) is 0.286. The van der Waals surface area contributed by atoms with Crippen LogP contribution in [-0.2, 0) is 4.79 Å². The zero-order valence-corrected chi connectivity index (χ0v) is 11.5. The smallest absolute Gasteiger partial charge is 0.267 e. The average Bonchev–Trinajstić information content (AvgIpc) is 2.42. The van der Waals surface area contributed by atoms with Crippen LogP contribution >= 0.6 is 0 Å². The molecule has 1 aromatic rings. The number of aliphatic hydroxyl groups is 1. The molecule has 0 bridgehead atoms. The van der Waals surface area contributed by atoms with Crippen molar-refractivity contribution in [3.8, 4) is 6.07 Å². The first-order valence-electron chi connectivity index (χ1n) is 6.03. The van der Waals surface area contributed by atoms with E-state index in [-0.39, 0.29) is 12.2 Å². The van der Waals surface area contributed by atoms with Crippen molar-refractivity contribution in [1.82, 2.24) is 5.32 Å². The molecule has 5 N–H and O–H groups in total. The Labute approximate surface area is 117 Å². The molecule has 0 heterocycles. The number of nitriles is 1. The fourth-order valence-corrected chi connectivity index (χ4v) is 1.23. The Morgan fingerprint density at radius 2 is 2.05 bits per heavy atom. The van der Waals surface area contributed by atoms with Gasteiger partial charge in [-0.15, -0.1) is 0 Å². The Kier molecular flexibility index (Phi) is 5.12. The molecule has 0 saturated heterocycles. The standard InChI is InChI=1S/C14H18N4O2/c1-14(2,9-19)17-8-10(7-15)13(20)18-12-5-3-11(16)4-6-12/h3-6,8,17,19H,9,16H2,1-2H3,(H,18,20)/b10-8-. The van der Waals surface area contributed by atoms with Gasteiger partial charge in [0.05, 0.1) is 12.1 Å². The van der Waals surface area contributed by atoms with Gasteiger partial charge >= 0.3 is 0 Å². The zero-order chi connectivity index (χ0) is 15.2. The SMILES string of the molecule is CC(C)(CO)N/C=C(/C#N)C(=O)Nc1ccc(N)cc1. The predicted molar refractivity (Wildman–Crippen MR) is 77.5 cm³/mol. The molecule has 6 heteroatoms. The lowest BCUT2D eigenvalue weighted by Crippen LogP contribution is -2.39. The third-order valence-corrected chi connectivity index (χ3v) is 2.54. The Hall–Kier alpha value is -2.52. The average molecular weight is 274 g/mol. The van der Waals surface area contributed by atoms with Crippen molar-refractivity contribution in [2.75, 3.05) is 17.7 Å². The molecular formula is C14H18N4O2. The number of aliphatic hydroxyl groups excluding tert-OH is 1. The maximum atomic E-state index is 11.9. The Balaban J connectivity index is 2.75. The predicted octanol–water partition coefficient (Wildman–Crippen LogP) is 0.975. The summed E-state index contributed by atoms with van der Waals surface area (Å²) in [5.41, 5.74) is 5.99. The fourth-order valence-electron chi connectivity index (χ4n) is 1.23. The van der Waals surface area contributed by atoms with Crippen LogP contribution in [0.4, 0.5) is 11.4 Å². The van der Waals surface area contributed by atoms with Crippen molar-refractivity contribution in [2.24, 2.45) is 0 Å². The summed E-state index contributed by atoms with van der Waals surface area (Å²) >= 11 is 0. The van der Waals surface area contributed by atoms with Crippen LogP contribution in [0.3, 0.4) is 0 Å². The van der Waals surface area contributed by atoms with Gasteiger partial charge in [0, 0.05) is 17.6 Å². The lowest BCUT2D eigenvalue weighted by atomic mass is 10.1. The first-order chi connectivity index (χ1) is 9.38. The second-order valence-corrected chi connectivity index (χ2v) is 4.93. The summed E-state index contributed by atoms with van der Waals surface area (Å²) in [7, 11) is 0. The highest BCUT2D eigenvalue weighted by Crippen LogP contribution is 2.11. The maximum absolute atomic E-state index is 11.9. The molecule has 0 unspecified atom stereocenters. The number of nitrogens with two attached hydrogens (primary N) is 1. The molecule has 1 amide bonds. The number of carbonyl (C=O) groups excluding carboxylic acids is 1.